The van der Waals surface area contributed by atoms with Crippen LogP contribution in [0, 0.1) is 0 Å². The maximum atomic E-state index is 10.5. The lowest BCUT2D eigenvalue weighted by Gasteiger charge is -2.07. The van der Waals surface area contributed by atoms with Gasteiger partial charge >= 0.3 is 5.97 Å². The third kappa shape index (κ3) is 3.43. The molecule has 0 aliphatic carbocycles. The Morgan fingerprint density at radius 1 is 1.44 bits per heavy atom. The molecule has 1 heterocycles. The number of rotatable bonds is 5. The minimum atomic E-state index is -0.982. The Morgan fingerprint density at radius 3 is 3.00 bits per heavy atom. The molecule has 5 heteroatoms. The second kappa shape index (κ2) is 5.97. The number of aromatic nitrogens is 1. The van der Waals surface area contributed by atoms with Crippen LogP contribution in [0.15, 0.2) is 41.2 Å². The number of thiazole rings is 1. The number of hydrogen-bond donors (Lipinski definition) is 1. The van der Waals surface area contributed by atoms with Crippen LogP contribution >= 0.6 is 11.3 Å². The normalized spacial score (nSPS) is 10.7. The summed E-state index contributed by atoms with van der Waals surface area (Å²) in [5, 5.41) is 10.5. The SMILES string of the molecule is O=C(O)C=Cc1ccccc1OCc1cscn1. The highest BCUT2D eigenvalue weighted by Crippen LogP contribution is 2.20. The molecule has 2 aromatic rings. The quantitative estimate of drug-likeness (QED) is 0.841. The molecule has 18 heavy (non-hydrogen) atoms. The first kappa shape index (κ1) is 12.3. The summed E-state index contributed by atoms with van der Waals surface area (Å²) in [6.07, 6.45) is 2.60. The van der Waals surface area contributed by atoms with E-state index in [1.165, 1.54) is 17.4 Å². The van der Waals surface area contributed by atoms with Crippen molar-refractivity contribution in [2.45, 2.75) is 6.61 Å². The van der Waals surface area contributed by atoms with Gasteiger partial charge in [0.1, 0.15) is 12.4 Å². The molecule has 0 unspecified atom stereocenters. The van der Waals surface area contributed by atoms with E-state index in [1.54, 1.807) is 17.6 Å². The third-order valence-electron chi connectivity index (χ3n) is 2.18. The number of para-hydroxylation sites is 1. The molecule has 0 aliphatic heterocycles. The molecule has 0 radical (unpaired) electrons. The van der Waals surface area contributed by atoms with Crippen molar-refractivity contribution in [3.63, 3.8) is 0 Å². The summed E-state index contributed by atoms with van der Waals surface area (Å²) in [4.78, 5) is 14.6. The van der Waals surface area contributed by atoms with Crippen LogP contribution in [0.1, 0.15) is 11.3 Å². The number of aliphatic carboxylic acids is 1. The topological polar surface area (TPSA) is 59.4 Å². The monoisotopic (exact) mass is 261 g/mol. The van der Waals surface area contributed by atoms with Gasteiger partial charge in [-0.15, -0.1) is 11.3 Å². The predicted octanol–water partition coefficient (Wildman–Crippen LogP) is 2.82. The minimum Gasteiger partial charge on any atom is -0.487 e. The van der Waals surface area contributed by atoms with Crippen molar-refractivity contribution < 1.29 is 14.6 Å². The van der Waals surface area contributed by atoms with Crippen molar-refractivity contribution in [2.24, 2.45) is 0 Å². The van der Waals surface area contributed by atoms with Gasteiger partial charge in [-0.05, 0) is 12.1 Å². The minimum absolute atomic E-state index is 0.376. The average molecular weight is 261 g/mol. The highest BCUT2D eigenvalue weighted by atomic mass is 32.1. The van der Waals surface area contributed by atoms with Crippen LogP contribution in [0.2, 0.25) is 0 Å². The Hall–Kier alpha value is -2.14. The lowest BCUT2D eigenvalue weighted by Crippen LogP contribution is -1.97. The van der Waals surface area contributed by atoms with Crippen LogP contribution in [-0.2, 0) is 11.4 Å². The van der Waals surface area contributed by atoms with E-state index >= 15 is 0 Å². The molecule has 0 saturated heterocycles. The Bertz CT molecular complexity index is 549. The highest BCUT2D eigenvalue weighted by molar-refractivity contribution is 7.07. The molecular weight excluding hydrogens is 250 g/mol. The first-order chi connectivity index (χ1) is 8.75. The lowest BCUT2D eigenvalue weighted by molar-refractivity contribution is -0.131. The fourth-order valence-electron chi connectivity index (χ4n) is 1.37. The van der Waals surface area contributed by atoms with Crippen molar-refractivity contribution in [3.05, 3.63) is 52.5 Å². The Balaban J connectivity index is 2.09. The molecular formula is C13H11NO3S. The summed E-state index contributed by atoms with van der Waals surface area (Å²) in [6, 6.07) is 7.27. The van der Waals surface area contributed by atoms with Gasteiger partial charge in [0.15, 0.2) is 0 Å². The van der Waals surface area contributed by atoms with Gasteiger partial charge in [-0.2, -0.15) is 0 Å². The van der Waals surface area contributed by atoms with Crippen molar-refractivity contribution >= 4 is 23.4 Å². The van der Waals surface area contributed by atoms with Crippen LogP contribution in [0.5, 0.6) is 5.75 Å². The number of carboxylic acid groups (broad SMARTS) is 1. The molecule has 4 nitrogen and oxygen atoms in total. The van der Waals surface area contributed by atoms with Gasteiger partial charge in [0.2, 0.25) is 0 Å². The molecule has 2 rings (SSSR count). The Labute approximate surface area is 108 Å². The smallest absolute Gasteiger partial charge is 0.328 e. The van der Waals surface area contributed by atoms with Crippen molar-refractivity contribution in [3.8, 4) is 5.75 Å². The highest BCUT2D eigenvalue weighted by Gasteiger charge is 2.02. The molecule has 0 atom stereocenters. The summed E-state index contributed by atoms with van der Waals surface area (Å²) in [5.74, 6) is -0.340. The number of hydrogen-bond acceptors (Lipinski definition) is 4. The van der Waals surface area contributed by atoms with Crippen molar-refractivity contribution in [2.75, 3.05) is 0 Å². The van der Waals surface area contributed by atoms with Gasteiger partial charge in [0.05, 0.1) is 11.2 Å². The second-order valence-corrected chi connectivity index (χ2v) is 4.20. The summed E-state index contributed by atoms with van der Waals surface area (Å²) < 4.78 is 5.61. The lowest BCUT2D eigenvalue weighted by atomic mass is 10.2. The van der Waals surface area contributed by atoms with Gasteiger partial charge < -0.3 is 9.84 Å². The molecule has 0 saturated carbocycles. The fraction of sp³-hybridized carbons (Fsp3) is 0.0769. The zero-order valence-electron chi connectivity index (χ0n) is 9.45. The van der Waals surface area contributed by atoms with Crippen LogP contribution in [-0.4, -0.2) is 16.1 Å². The molecule has 1 aromatic heterocycles. The van der Waals surface area contributed by atoms with Gasteiger partial charge in [-0.25, -0.2) is 9.78 Å². The Morgan fingerprint density at radius 2 is 2.28 bits per heavy atom. The molecule has 0 fully saturated rings. The molecule has 1 N–H and O–H groups in total. The first-order valence-electron chi connectivity index (χ1n) is 5.25. The maximum absolute atomic E-state index is 10.5. The van der Waals surface area contributed by atoms with Gasteiger partial charge in [0, 0.05) is 17.0 Å². The fourth-order valence-corrected chi connectivity index (χ4v) is 1.91. The second-order valence-electron chi connectivity index (χ2n) is 3.48. The summed E-state index contributed by atoms with van der Waals surface area (Å²) in [7, 11) is 0. The number of ether oxygens (including phenoxy) is 1. The third-order valence-corrected chi connectivity index (χ3v) is 2.82. The van der Waals surface area contributed by atoms with E-state index in [1.807, 2.05) is 17.5 Å². The Kier molecular flexibility index (Phi) is 4.09. The molecule has 0 spiro atoms. The van der Waals surface area contributed by atoms with E-state index in [0.29, 0.717) is 12.4 Å². The van der Waals surface area contributed by atoms with Crippen LogP contribution in [0.4, 0.5) is 0 Å². The van der Waals surface area contributed by atoms with E-state index in [-0.39, 0.29) is 0 Å². The van der Waals surface area contributed by atoms with Crippen LogP contribution in [0.25, 0.3) is 6.08 Å². The number of nitrogens with zero attached hydrogens (tertiary/aromatic N) is 1. The van der Waals surface area contributed by atoms with E-state index in [2.05, 4.69) is 4.98 Å². The number of carbonyl (C=O) groups is 1. The molecule has 0 amide bonds. The maximum Gasteiger partial charge on any atom is 0.328 e. The largest absolute Gasteiger partial charge is 0.487 e. The summed E-state index contributed by atoms with van der Waals surface area (Å²) >= 11 is 1.51. The summed E-state index contributed by atoms with van der Waals surface area (Å²) in [5.41, 5.74) is 3.33. The first-order valence-corrected chi connectivity index (χ1v) is 6.20. The molecule has 1 aromatic carbocycles. The van der Waals surface area contributed by atoms with Gasteiger partial charge in [-0.3, -0.25) is 0 Å². The predicted molar refractivity (Wildman–Crippen MR) is 69.6 cm³/mol. The van der Waals surface area contributed by atoms with E-state index in [9.17, 15) is 4.79 Å². The summed E-state index contributed by atoms with van der Waals surface area (Å²) in [6.45, 7) is 0.376. The average Bonchev–Trinajstić information content (AvgIpc) is 2.88. The van der Waals surface area contributed by atoms with Gasteiger partial charge in [0.25, 0.3) is 0 Å². The van der Waals surface area contributed by atoms with Crippen molar-refractivity contribution in [1.29, 1.82) is 0 Å². The standard InChI is InChI=1S/C13H11NO3S/c15-13(16)6-5-10-3-1-2-4-12(10)17-7-11-8-18-9-14-11/h1-6,8-9H,7H2,(H,15,16). The van der Waals surface area contributed by atoms with Crippen molar-refractivity contribution in [1.82, 2.24) is 4.98 Å². The van der Waals surface area contributed by atoms with E-state index < -0.39 is 5.97 Å². The van der Waals surface area contributed by atoms with Gasteiger partial charge in [-0.1, -0.05) is 18.2 Å². The van der Waals surface area contributed by atoms with E-state index in [4.69, 9.17) is 9.84 Å². The number of benzene rings is 1. The molecule has 0 bridgehead atoms. The number of carboxylic acids is 1. The zero-order chi connectivity index (χ0) is 12.8. The molecule has 0 aliphatic rings. The van der Waals surface area contributed by atoms with E-state index in [0.717, 1.165) is 17.3 Å². The van der Waals surface area contributed by atoms with Crippen LogP contribution in [0.3, 0.4) is 0 Å². The van der Waals surface area contributed by atoms with Crippen LogP contribution < -0.4 is 4.74 Å². The zero-order valence-corrected chi connectivity index (χ0v) is 10.3. The molecule has 92 valence electrons.